The summed E-state index contributed by atoms with van der Waals surface area (Å²) in [5.41, 5.74) is 1.43. The minimum atomic E-state index is 0.601. The molecule has 1 heterocycles. The number of aromatic nitrogens is 1. The predicted octanol–water partition coefficient (Wildman–Crippen LogP) is 5.64. The highest BCUT2D eigenvalue weighted by Gasteiger charge is 2.07. The molecular formula is C18H27N. The normalized spacial score (nSPS) is 23.1. The minimum Gasteiger partial charge on any atom is -0.265 e. The van der Waals surface area contributed by atoms with Gasteiger partial charge in [0.15, 0.2) is 0 Å². The van der Waals surface area contributed by atoms with Gasteiger partial charge in [0.1, 0.15) is 0 Å². The van der Waals surface area contributed by atoms with Crippen LogP contribution in [0.2, 0.25) is 0 Å². The second-order valence-electron chi connectivity index (χ2n) is 5.72. The Labute approximate surface area is 118 Å². The van der Waals surface area contributed by atoms with Gasteiger partial charge in [0.25, 0.3) is 0 Å². The van der Waals surface area contributed by atoms with Crippen molar-refractivity contribution in [3.05, 3.63) is 42.2 Å². The highest BCUT2D eigenvalue weighted by molar-refractivity contribution is 5.21. The topological polar surface area (TPSA) is 12.9 Å². The second-order valence-corrected chi connectivity index (χ2v) is 5.72. The highest BCUT2D eigenvalue weighted by atomic mass is 14.6. The van der Waals surface area contributed by atoms with Crippen LogP contribution >= 0.6 is 0 Å². The maximum absolute atomic E-state index is 4.13. The fourth-order valence-electron chi connectivity index (χ4n) is 2.93. The number of hydrogen-bond donors (Lipinski definition) is 0. The van der Waals surface area contributed by atoms with E-state index < -0.39 is 0 Å². The van der Waals surface area contributed by atoms with E-state index in [0.29, 0.717) is 5.92 Å². The van der Waals surface area contributed by atoms with Crippen molar-refractivity contribution in [1.29, 1.82) is 0 Å². The molecule has 0 saturated heterocycles. The molecule has 0 fully saturated rings. The molecule has 0 spiro atoms. The van der Waals surface area contributed by atoms with Gasteiger partial charge < -0.3 is 0 Å². The van der Waals surface area contributed by atoms with Crippen LogP contribution in [0.1, 0.15) is 75.7 Å². The average Bonchev–Trinajstić information content (AvgIpc) is 2.49. The largest absolute Gasteiger partial charge is 0.265 e. The molecule has 0 aliphatic heterocycles. The van der Waals surface area contributed by atoms with E-state index in [1.165, 1.54) is 69.8 Å². The van der Waals surface area contributed by atoms with E-state index in [0.717, 1.165) is 0 Å². The standard InChI is InChI=1S/C18H27N/c1-2-4-6-8-10-12-17(11-9-7-5-3-1)18-13-15-19-16-14-18/h9,11,13-17H,1-8,10,12H2. The van der Waals surface area contributed by atoms with Gasteiger partial charge in [-0.15, -0.1) is 0 Å². The van der Waals surface area contributed by atoms with Crippen LogP contribution < -0.4 is 0 Å². The maximum atomic E-state index is 4.13. The molecule has 0 aromatic carbocycles. The fraction of sp³-hybridized carbons (Fsp3) is 0.611. The summed E-state index contributed by atoms with van der Waals surface area (Å²) in [6.07, 6.45) is 22.5. The van der Waals surface area contributed by atoms with Gasteiger partial charge >= 0.3 is 0 Å². The molecule has 0 amide bonds. The van der Waals surface area contributed by atoms with Crippen LogP contribution in [0.25, 0.3) is 0 Å². The molecule has 104 valence electrons. The van der Waals surface area contributed by atoms with Crippen LogP contribution in [0.4, 0.5) is 0 Å². The third-order valence-electron chi connectivity index (χ3n) is 4.14. The van der Waals surface area contributed by atoms with Crippen molar-refractivity contribution in [2.75, 3.05) is 0 Å². The molecule has 1 atom stereocenters. The van der Waals surface area contributed by atoms with E-state index in [-0.39, 0.29) is 0 Å². The van der Waals surface area contributed by atoms with Crippen molar-refractivity contribution in [2.24, 2.45) is 0 Å². The summed E-state index contributed by atoms with van der Waals surface area (Å²) in [4.78, 5) is 4.13. The molecule has 1 heteroatoms. The molecular weight excluding hydrogens is 230 g/mol. The average molecular weight is 257 g/mol. The molecule has 19 heavy (non-hydrogen) atoms. The Balaban J connectivity index is 1.95. The first-order valence-corrected chi connectivity index (χ1v) is 8.03. The maximum Gasteiger partial charge on any atom is 0.0270 e. The van der Waals surface area contributed by atoms with E-state index >= 15 is 0 Å². The van der Waals surface area contributed by atoms with Gasteiger partial charge in [-0.2, -0.15) is 0 Å². The second kappa shape index (κ2) is 8.90. The van der Waals surface area contributed by atoms with Gasteiger partial charge in [-0.3, -0.25) is 4.98 Å². The lowest BCUT2D eigenvalue weighted by atomic mass is 9.93. The Bertz CT molecular complexity index is 355. The third-order valence-corrected chi connectivity index (χ3v) is 4.14. The van der Waals surface area contributed by atoms with E-state index in [9.17, 15) is 0 Å². The number of pyridine rings is 1. The first-order chi connectivity index (χ1) is 9.47. The summed E-state index contributed by atoms with van der Waals surface area (Å²) in [7, 11) is 0. The van der Waals surface area contributed by atoms with Gasteiger partial charge in [-0.25, -0.2) is 0 Å². The molecule has 1 nitrogen and oxygen atoms in total. The van der Waals surface area contributed by atoms with E-state index in [1.54, 1.807) is 0 Å². The van der Waals surface area contributed by atoms with Crippen LogP contribution in [-0.4, -0.2) is 4.98 Å². The molecule has 0 N–H and O–H groups in total. The first kappa shape index (κ1) is 14.3. The molecule has 1 aromatic rings. The molecule has 1 aromatic heterocycles. The van der Waals surface area contributed by atoms with Crippen molar-refractivity contribution in [1.82, 2.24) is 4.98 Å². The van der Waals surface area contributed by atoms with Gasteiger partial charge in [0.05, 0.1) is 0 Å². The molecule has 1 aliphatic carbocycles. The summed E-state index contributed by atoms with van der Waals surface area (Å²) in [6.45, 7) is 0. The monoisotopic (exact) mass is 257 g/mol. The van der Waals surface area contributed by atoms with E-state index in [2.05, 4.69) is 29.3 Å². The number of allylic oxidation sites excluding steroid dienone is 2. The van der Waals surface area contributed by atoms with Crippen molar-refractivity contribution in [3.8, 4) is 0 Å². The number of hydrogen-bond acceptors (Lipinski definition) is 1. The molecule has 1 aliphatic rings. The summed E-state index contributed by atoms with van der Waals surface area (Å²) < 4.78 is 0. The van der Waals surface area contributed by atoms with Gasteiger partial charge in [-0.05, 0) is 37.0 Å². The Morgan fingerprint density at radius 3 is 2.16 bits per heavy atom. The highest BCUT2D eigenvalue weighted by Crippen LogP contribution is 2.25. The lowest BCUT2D eigenvalue weighted by Crippen LogP contribution is -1.96. The van der Waals surface area contributed by atoms with Crippen LogP contribution in [-0.2, 0) is 0 Å². The molecule has 0 radical (unpaired) electrons. The van der Waals surface area contributed by atoms with Gasteiger partial charge in [0, 0.05) is 18.3 Å². The summed E-state index contributed by atoms with van der Waals surface area (Å²) in [5, 5.41) is 0. The van der Waals surface area contributed by atoms with E-state index in [4.69, 9.17) is 0 Å². The van der Waals surface area contributed by atoms with Crippen molar-refractivity contribution in [2.45, 2.75) is 70.1 Å². The smallest absolute Gasteiger partial charge is 0.0270 e. The lowest BCUT2D eigenvalue weighted by molar-refractivity contribution is 0.555. The minimum absolute atomic E-state index is 0.601. The Hall–Kier alpha value is -1.11. The van der Waals surface area contributed by atoms with E-state index in [1.807, 2.05) is 12.4 Å². The Morgan fingerprint density at radius 1 is 0.789 bits per heavy atom. The van der Waals surface area contributed by atoms with Crippen molar-refractivity contribution < 1.29 is 0 Å². The first-order valence-electron chi connectivity index (χ1n) is 8.03. The number of nitrogens with zero attached hydrogens (tertiary/aromatic N) is 1. The lowest BCUT2D eigenvalue weighted by Gasteiger charge is -2.13. The molecule has 0 saturated carbocycles. The van der Waals surface area contributed by atoms with Gasteiger partial charge in [-0.1, -0.05) is 57.1 Å². The SMILES string of the molecule is C1=CC(c2ccncc2)CCCCCCCCCC1. The van der Waals surface area contributed by atoms with Crippen molar-refractivity contribution in [3.63, 3.8) is 0 Å². The quantitative estimate of drug-likeness (QED) is 0.594. The van der Waals surface area contributed by atoms with Crippen LogP contribution in [0, 0.1) is 0 Å². The van der Waals surface area contributed by atoms with Crippen LogP contribution in [0.15, 0.2) is 36.7 Å². The Kier molecular flexibility index (Phi) is 6.70. The van der Waals surface area contributed by atoms with Crippen LogP contribution in [0.5, 0.6) is 0 Å². The van der Waals surface area contributed by atoms with Crippen LogP contribution in [0.3, 0.4) is 0 Å². The molecule has 2 rings (SSSR count). The summed E-state index contributed by atoms with van der Waals surface area (Å²) in [6, 6.07) is 4.35. The molecule has 1 unspecified atom stereocenters. The van der Waals surface area contributed by atoms with Crippen molar-refractivity contribution >= 4 is 0 Å². The zero-order chi connectivity index (χ0) is 13.2. The number of rotatable bonds is 1. The predicted molar refractivity (Wildman–Crippen MR) is 82.3 cm³/mol. The zero-order valence-corrected chi connectivity index (χ0v) is 12.1. The fourth-order valence-corrected chi connectivity index (χ4v) is 2.93. The third kappa shape index (κ3) is 5.59. The zero-order valence-electron chi connectivity index (χ0n) is 12.1. The summed E-state index contributed by atoms with van der Waals surface area (Å²) in [5.74, 6) is 0.601. The summed E-state index contributed by atoms with van der Waals surface area (Å²) >= 11 is 0. The Morgan fingerprint density at radius 2 is 1.42 bits per heavy atom. The molecule has 0 bridgehead atoms. The van der Waals surface area contributed by atoms with Gasteiger partial charge in [0.2, 0.25) is 0 Å².